The van der Waals surface area contributed by atoms with Crippen LogP contribution in [0.25, 0.3) is 5.82 Å². The van der Waals surface area contributed by atoms with Gasteiger partial charge in [0.05, 0.1) is 17.5 Å². The van der Waals surface area contributed by atoms with Gasteiger partial charge in [0, 0.05) is 6.20 Å². The van der Waals surface area contributed by atoms with Crippen LogP contribution in [0.2, 0.25) is 0 Å². The van der Waals surface area contributed by atoms with Gasteiger partial charge in [0.1, 0.15) is 5.56 Å². The van der Waals surface area contributed by atoms with E-state index >= 15 is 0 Å². The highest BCUT2D eigenvalue weighted by atomic mass is 19.4. The third-order valence-corrected chi connectivity index (χ3v) is 3.70. The number of carbonyl (C=O) groups excluding carboxylic acids is 1. The molecule has 0 amide bonds. The second kappa shape index (κ2) is 6.82. The molecule has 0 bridgehead atoms. The summed E-state index contributed by atoms with van der Waals surface area (Å²) in [5.41, 5.74) is -0.375. The lowest BCUT2D eigenvalue weighted by atomic mass is 10.2. The number of pyridine rings is 1. The van der Waals surface area contributed by atoms with Gasteiger partial charge >= 0.3 is 12.1 Å². The van der Waals surface area contributed by atoms with Gasteiger partial charge in [-0.2, -0.15) is 23.3 Å². The van der Waals surface area contributed by atoms with Crippen molar-refractivity contribution in [1.29, 1.82) is 0 Å². The molecule has 0 aromatic carbocycles. The Labute approximate surface area is 151 Å². The van der Waals surface area contributed by atoms with Crippen molar-refractivity contribution in [3.8, 4) is 5.82 Å². The predicted molar refractivity (Wildman–Crippen MR) is 84.0 cm³/mol. The van der Waals surface area contributed by atoms with Gasteiger partial charge in [-0.05, 0) is 32.9 Å². The van der Waals surface area contributed by atoms with E-state index in [1.807, 2.05) is 0 Å². The van der Waals surface area contributed by atoms with Crippen molar-refractivity contribution in [3.63, 3.8) is 0 Å². The van der Waals surface area contributed by atoms with Crippen molar-refractivity contribution in [2.24, 2.45) is 0 Å². The van der Waals surface area contributed by atoms with E-state index in [9.17, 15) is 18.0 Å². The molecule has 0 fully saturated rings. The van der Waals surface area contributed by atoms with Crippen molar-refractivity contribution in [1.82, 2.24) is 24.9 Å². The first-order valence-electron chi connectivity index (χ1n) is 7.76. The lowest BCUT2D eigenvalue weighted by molar-refractivity contribution is -0.137. The maximum Gasteiger partial charge on any atom is 0.417 e. The van der Waals surface area contributed by atoms with Crippen molar-refractivity contribution in [2.75, 3.05) is 0 Å². The van der Waals surface area contributed by atoms with E-state index in [1.54, 1.807) is 20.8 Å². The number of hydrogen-bond acceptors (Lipinski definition) is 7. The summed E-state index contributed by atoms with van der Waals surface area (Å²) in [6.07, 6.45) is -3.30. The highest BCUT2D eigenvalue weighted by molar-refractivity contribution is 5.90. The molecule has 0 aliphatic rings. The average Bonchev–Trinajstić information content (AvgIpc) is 3.20. The van der Waals surface area contributed by atoms with Crippen LogP contribution in [0.3, 0.4) is 0 Å². The smallest absolute Gasteiger partial charge is 0.417 e. The van der Waals surface area contributed by atoms with Gasteiger partial charge in [0.15, 0.2) is 17.7 Å². The molecule has 0 aliphatic carbocycles. The minimum atomic E-state index is -4.48. The Morgan fingerprint density at radius 3 is 2.56 bits per heavy atom. The second-order valence-electron chi connectivity index (χ2n) is 5.69. The van der Waals surface area contributed by atoms with Crippen LogP contribution in [0.15, 0.2) is 29.0 Å². The molecule has 27 heavy (non-hydrogen) atoms. The summed E-state index contributed by atoms with van der Waals surface area (Å²) in [7, 11) is 0. The van der Waals surface area contributed by atoms with Crippen LogP contribution in [0.5, 0.6) is 0 Å². The average molecular weight is 381 g/mol. The van der Waals surface area contributed by atoms with E-state index in [0.29, 0.717) is 17.7 Å². The van der Waals surface area contributed by atoms with Crippen LogP contribution < -0.4 is 0 Å². The number of esters is 1. The molecule has 1 unspecified atom stereocenters. The van der Waals surface area contributed by atoms with Crippen molar-refractivity contribution in [3.05, 3.63) is 53.1 Å². The molecule has 142 valence electrons. The number of ether oxygens (including phenoxy) is 1. The Kier molecular flexibility index (Phi) is 4.68. The van der Waals surface area contributed by atoms with Crippen molar-refractivity contribution < 1.29 is 27.2 Å². The fourth-order valence-corrected chi connectivity index (χ4v) is 2.27. The first kappa shape index (κ1) is 18.5. The number of halogens is 3. The maximum atomic E-state index is 12.6. The van der Waals surface area contributed by atoms with Crippen molar-refractivity contribution in [2.45, 2.75) is 33.1 Å². The summed E-state index contributed by atoms with van der Waals surface area (Å²) >= 11 is 0. The number of carbonyl (C=O) groups is 1. The molecule has 3 aromatic heterocycles. The lowest BCUT2D eigenvalue weighted by Gasteiger charge is -2.10. The van der Waals surface area contributed by atoms with E-state index in [1.165, 1.54) is 16.9 Å². The van der Waals surface area contributed by atoms with Gasteiger partial charge in [-0.1, -0.05) is 5.16 Å². The van der Waals surface area contributed by atoms with Crippen LogP contribution in [0.1, 0.15) is 46.4 Å². The quantitative estimate of drug-likeness (QED) is 0.640. The molecule has 3 rings (SSSR count). The molecule has 0 radical (unpaired) electrons. The zero-order valence-corrected chi connectivity index (χ0v) is 14.5. The summed E-state index contributed by atoms with van der Waals surface area (Å²) in [5.74, 6) is 0.00900. The number of aromatic nitrogens is 5. The Balaban J connectivity index is 1.79. The second-order valence-corrected chi connectivity index (χ2v) is 5.69. The number of aryl methyl sites for hydroxylation is 1. The van der Waals surface area contributed by atoms with E-state index in [2.05, 4.69) is 20.2 Å². The Hall–Kier alpha value is -3.24. The molecule has 3 heterocycles. The molecule has 0 spiro atoms. The van der Waals surface area contributed by atoms with Gasteiger partial charge in [-0.25, -0.2) is 14.5 Å². The Morgan fingerprint density at radius 2 is 2.00 bits per heavy atom. The van der Waals surface area contributed by atoms with Crippen LogP contribution in [-0.2, 0) is 10.9 Å². The normalized spacial score (nSPS) is 12.8. The largest absolute Gasteiger partial charge is 0.449 e. The minimum absolute atomic E-state index is 0.139. The van der Waals surface area contributed by atoms with Crippen LogP contribution in [0, 0.1) is 13.8 Å². The molecule has 1 atom stereocenters. The molecule has 8 nitrogen and oxygen atoms in total. The number of nitrogens with zero attached hydrogens (tertiary/aromatic N) is 5. The van der Waals surface area contributed by atoms with Crippen LogP contribution in [0.4, 0.5) is 13.2 Å². The molecular weight excluding hydrogens is 367 g/mol. The van der Waals surface area contributed by atoms with Crippen LogP contribution in [-0.4, -0.2) is 30.9 Å². The molecule has 0 saturated heterocycles. The number of hydrogen-bond donors (Lipinski definition) is 0. The highest BCUT2D eigenvalue weighted by Crippen LogP contribution is 2.29. The molecule has 11 heteroatoms. The van der Waals surface area contributed by atoms with Gasteiger partial charge in [-0.3, -0.25) is 0 Å². The SMILES string of the molecule is Cc1noc(C(C)OC(=O)c2cnn(-c3ccc(C(F)(F)F)cn3)c2C)n1. The standard InChI is InChI=1S/C16H14F3N5O3/c1-8-12(15(25)26-9(2)14-22-10(3)23-27-14)7-21-24(8)13-5-4-11(6-20-13)16(17,18)19/h4-7,9H,1-3H3. The van der Waals surface area contributed by atoms with Gasteiger partial charge in [0.25, 0.3) is 5.89 Å². The summed E-state index contributed by atoms with van der Waals surface area (Å²) in [5, 5.41) is 7.62. The molecule has 0 aliphatic heterocycles. The zero-order chi connectivity index (χ0) is 19.8. The van der Waals surface area contributed by atoms with Gasteiger partial charge < -0.3 is 9.26 Å². The predicted octanol–water partition coefficient (Wildman–Crippen LogP) is 3.20. The summed E-state index contributed by atoms with van der Waals surface area (Å²) in [6.45, 7) is 4.78. The third kappa shape index (κ3) is 3.81. The van der Waals surface area contributed by atoms with E-state index in [0.717, 1.165) is 6.07 Å². The summed E-state index contributed by atoms with van der Waals surface area (Å²) < 4.78 is 49.4. The van der Waals surface area contributed by atoms with Crippen LogP contribution >= 0.6 is 0 Å². The zero-order valence-electron chi connectivity index (χ0n) is 14.5. The van der Waals surface area contributed by atoms with Gasteiger partial charge in [-0.15, -0.1) is 0 Å². The third-order valence-electron chi connectivity index (χ3n) is 3.70. The number of alkyl halides is 3. The maximum absolute atomic E-state index is 12.6. The molecule has 3 aromatic rings. The summed E-state index contributed by atoms with van der Waals surface area (Å²) in [4.78, 5) is 20.1. The summed E-state index contributed by atoms with van der Waals surface area (Å²) in [6, 6.07) is 2.06. The van der Waals surface area contributed by atoms with E-state index in [-0.39, 0.29) is 17.3 Å². The topological polar surface area (TPSA) is 95.9 Å². The fourth-order valence-electron chi connectivity index (χ4n) is 2.27. The monoisotopic (exact) mass is 381 g/mol. The fraction of sp³-hybridized carbons (Fsp3) is 0.312. The lowest BCUT2D eigenvalue weighted by Crippen LogP contribution is -2.11. The van der Waals surface area contributed by atoms with E-state index in [4.69, 9.17) is 9.26 Å². The van der Waals surface area contributed by atoms with Gasteiger partial charge in [0.2, 0.25) is 0 Å². The minimum Gasteiger partial charge on any atom is -0.449 e. The number of rotatable bonds is 4. The van der Waals surface area contributed by atoms with E-state index < -0.39 is 23.8 Å². The Morgan fingerprint density at radius 1 is 1.26 bits per heavy atom. The van der Waals surface area contributed by atoms with Crippen molar-refractivity contribution >= 4 is 5.97 Å². The molecule has 0 N–H and O–H groups in total. The Bertz CT molecular complexity index is 963. The molecule has 0 saturated carbocycles. The highest BCUT2D eigenvalue weighted by Gasteiger charge is 2.31. The first-order chi connectivity index (χ1) is 12.7. The molecular formula is C16H14F3N5O3. The first-order valence-corrected chi connectivity index (χ1v) is 7.76.